The first-order valence-corrected chi connectivity index (χ1v) is 11.8. The highest BCUT2D eigenvalue weighted by Gasteiger charge is 2.24. The third kappa shape index (κ3) is 4.22. The second-order valence-electron chi connectivity index (χ2n) is 8.69. The molecule has 0 amide bonds. The Labute approximate surface area is 194 Å². The third-order valence-corrected chi connectivity index (χ3v) is 6.74. The molecular formula is C28H29N5. The zero-order valence-corrected chi connectivity index (χ0v) is 19.1. The summed E-state index contributed by atoms with van der Waals surface area (Å²) in [7, 11) is 0. The molecule has 2 heterocycles. The van der Waals surface area contributed by atoms with Crippen molar-refractivity contribution in [2.24, 2.45) is 4.99 Å². The smallest absolute Gasteiger partial charge is 0.221 e. The number of fused-ring (bicyclic) bond motifs is 1. The van der Waals surface area contributed by atoms with Gasteiger partial charge in [0.2, 0.25) is 11.8 Å². The monoisotopic (exact) mass is 435 g/mol. The van der Waals surface area contributed by atoms with Crippen LogP contribution in [0.3, 0.4) is 0 Å². The number of rotatable bonds is 5. The summed E-state index contributed by atoms with van der Waals surface area (Å²) in [5.74, 6) is 0. The van der Waals surface area contributed by atoms with Crippen molar-refractivity contribution in [1.82, 2.24) is 14.0 Å². The fourth-order valence-corrected chi connectivity index (χ4v) is 5.10. The molecule has 0 radical (unpaired) electrons. The Balaban J connectivity index is 1.31. The van der Waals surface area contributed by atoms with Gasteiger partial charge in [0.05, 0.1) is 11.0 Å². The van der Waals surface area contributed by atoms with Crippen molar-refractivity contribution < 1.29 is 0 Å². The highest BCUT2D eigenvalue weighted by atomic mass is 15.2. The summed E-state index contributed by atoms with van der Waals surface area (Å²) in [5.41, 5.74) is 6.96. The molecule has 1 aliphatic rings. The minimum Gasteiger partial charge on any atom is -0.310 e. The quantitative estimate of drug-likeness (QED) is 0.397. The highest BCUT2D eigenvalue weighted by molar-refractivity contribution is 5.76. The fourth-order valence-electron chi connectivity index (χ4n) is 5.10. The van der Waals surface area contributed by atoms with E-state index in [0.717, 1.165) is 50.2 Å². The lowest BCUT2D eigenvalue weighted by Gasteiger charge is -2.33. The number of nitrogens with zero attached hydrogens (tertiary/aromatic N) is 5. The Bertz CT molecular complexity index is 1330. The summed E-state index contributed by atoms with van der Waals surface area (Å²) < 4.78 is 4.45. The van der Waals surface area contributed by atoms with Crippen molar-refractivity contribution in [3.05, 3.63) is 90.0 Å². The van der Waals surface area contributed by atoms with Gasteiger partial charge in [0.25, 0.3) is 0 Å². The average molecular weight is 436 g/mol. The lowest BCUT2D eigenvalue weighted by atomic mass is 10.0. The van der Waals surface area contributed by atoms with Crippen molar-refractivity contribution in [2.75, 3.05) is 13.1 Å². The molecule has 5 rings (SSSR count). The first kappa shape index (κ1) is 21.2. The number of aryl methyl sites for hydroxylation is 1. The topological polar surface area (TPSA) is 49.2 Å². The van der Waals surface area contributed by atoms with Crippen molar-refractivity contribution in [3.63, 3.8) is 0 Å². The summed E-state index contributed by atoms with van der Waals surface area (Å²) in [6, 6.07) is 28.2. The van der Waals surface area contributed by atoms with E-state index < -0.39 is 0 Å². The molecule has 1 saturated heterocycles. The molecule has 0 atom stereocenters. The summed E-state index contributed by atoms with van der Waals surface area (Å²) in [6.45, 7) is 5.95. The van der Waals surface area contributed by atoms with E-state index in [0.29, 0.717) is 6.04 Å². The third-order valence-electron chi connectivity index (χ3n) is 6.74. The Morgan fingerprint density at radius 1 is 0.848 bits per heavy atom. The van der Waals surface area contributed by atoms with Crippen molar-refractivity contribution in [1.29, 1.82) is 5.26 Å². The molecule has 0 saturated carbocycles. The van der Waals surface area contributed by atoms with Gasteiger partial charge in [-0.25, -0.2) is 0 Å². The molecule has 0 N–H and O–H groups in total. The van der Waals surface area contributed by atoms with Crippen molar-refractivity contribution in [2.45, 2.75) is 38.9 Å². The van der Waals surface area contributed by atoms with Crippen LogP contribution in [0.15, 0.2) is 83.9 Å². The largest absolute Gasteiger partial charge is 0.310 e. The molecular weight excluding hydrogens is 406 g/mol. The fraction of sp³-hybridized carbons (Fsp3) is 0.286. The zero-order valence-electron chi connectivity index (χ0n) is 19.1. The SMILES string of the molecule is CCn1c(=NC#N)n(C2CCN(Cc3ccc(-c4ccccc4)cc3)CC2)c2ccccc21. The van der Waals surface area contributed by atoms with E-state index in [1.165, 1.54) is 22.2 Å². The van der Waals surface area contributed by atoms with Crippen LogP contribution >= 0.6 is 0 Å². The van der Waals surface area contributed by atoms with Gasteiger partial charge in [0.1, 0.15) is 0 Å². The number of hydrogen-bond acceptors (Lipinski definition) is 3. The second kappa shape index (κ2) is 9.48. The molecule has 1 aliphatic heterocycles. The van der Waals surface area contributed by atoms with E-state index in [2.05, 4.69) is 105 Å². The number of hydrogen-bond donors (Lipinski definition) is 0. The van der Waals surface area contributed by atoms with Gasteiger partial charge >= 0.3 is 0 Å². The Morgan fingerprint density at radius 3 is 2.15 bits per heavy atom. The van der Waals surface area contributed by atoms with E-state index in [1.807, 2.05) is 6.19 Å². The van der Waals surface area contributed by atoms with Crippen molar-refractivity contribution >= 4 is 11.0 Å². The van der Waals surface area contributed by atoms with Gasteiger partial charge in [0, 0.05) is 32.2 Å². The van der Waals surface area contributed by atoms with E-state index in [-0.39, 0.29) is 0 Å². The van der Waals surface area contributed by atoms with Crippen LogP contribution in [0.1, 0.15) is 31.4 Å². The Kier molecular flexibility index (Phi) is 6.10. The first-order valence-electron chi connectivity index (χ1n) is 11.8. The number of imidazole rings is 1. The second-order valence-corrected chi connectivity index (χ2v) is 8.69. The van der Waals surface area contributed by atoms with E-state index in [4.69, 9.17) is 0 Å². The number of piperidine rings is 1. The van der Waals surface area contributed by atoms with Gasteiger partial charge in [-0.05, 0) is 48.6 Å². The van der Waals surface area contributed by atoms with Gasteiger partial charge < -0.3 is 9.13 Å². The molecule has 0 unspecified atom stereocenters. The highest BCUT2D eigenvalue weighted by Crippen LogP contribution is 2.27. The van der Waals surface area contributed by atoms with Crippen LogP contribution in [0.4, 0.5) is 0 Å². The van der Waals surface area contributed by atoms with Crippen LogP contribution in [-0.4, -0.2) is 27.1 Å². The Hall–Kier alpha value is -3.62. The predicted molar refractivity (Wildman–Crippen MR) is 132 cm³/mol. The van der Waals surface area contributed by atoms with E-state index in [9.17, 15) is 5.26 Å². The molecule has 166 valence electrons. The van der Waals surface area contributed by atoms with E-state index in [1.54, 1.807) is 0 Å². The summed E-state index contributed by atoms with van der Waals surface area (Å²) in [6.07, 6.45) is 4.14. The molecule has 5 nitrogen and oxygen atoms in total. The average Bonchev–Trinajstić information content (AvgIpc) is 3.19. The van der Waals surface area contributed by atoms with Gasteiger partial charge in [-0.3, -0.25) is 4.90 Å². The molecule has 33 heavy (non-hydrogen) atoms. The van der Waals surface area contributed by atoms with Crippen LogP contribution in [0.2, 0.25) is 0 Å². The van der Waals surface area contributed by atoms with Crippen LogP contribution < -0.4 is 5.62 Å². The number of benzene rings is 3. The molecule has 4 aromatic rings. The molecule has 5 heteroatoms. The summed E-state index contributed by atoms with van der Waals surface area (Å²) >= 11 is 0. The zero-order chi connectivity index (χ0) is 22.6. The number of nitriles is 1. The molecule has 1 fully saturated rings. The maximum absolute atomic E-state index is 9.33. The number of aromatic nitrogens is 2. The molecule has 3 aromatic carbocycles. The minimum absolute atomic E-state index is 0.353. The summed E-state index contributed by atoms with van der Waals surface area (Å²) in [5, 5.41) is 9.33. The number of para-hydroxylation sites is 2. The maximum Gasteiger partial charge on any atom is 0.221 e. The number of likely N-dealkylation sites (tertiary alicyclic amines) is 1. The molecule has 1 aromatic heterocycles. The predicted octanol–water partition coefficient (Wildman–Crippen LogP) is 5.35. The minimum atomic E-state index is 0.353. The van der Waals surface area contributed by atoms with Gasteiger partial charge in [-0.1, -0.05) is 66.7 Å². The van der Waals surface area contributed by atoms with Crippen LogP contribution in [-0.2, 0) is 13.1 Å². The Morgan fingerprint density at radius 2 is 1.48 bits per heavy atom. The van der Waals surface area contributed by atoms with Crippen LogP contribution in [0.25, 0.3) is 22.2 Å². The lowest BCUT2D eigenvalue weighted by Crippen LogP contribution is -2.37. The van der Waals surface area contributed by atoms with Gasteiger partial charge in [-0.2, -0.15) is 5.26 Å². The summed E-state index contributed by atoms with van der Waals surface area (Å²) in [4.78, 5) is 6.76. The van der Waals surface area contributed by atoms with Gasteiger partial charge in [0.15, 0.2) is 0 Å². The standard InChI is InChI=1S/C28H29N5/c1-2-32-26-10-6-7-11-27(26)33(28(32)30-21-29)25-16-18-31(19-17-25)20-22-12-14-24(15-13-22)23-8-4-3-5-9-23/h3-15,25H,2,16-20H2,1H3. The van der Waals surface area contributed by atoms with Crippen LogP contribution in [0.5, 0.6) is 0 Å². The molecule has 0 bridgehead atoms. The first-order chi connectivity index (χ1) is 16.3. The van der Waals surface area contributed by atoms with E-state index >= 15 is 0 Å². The van der Waals surface area contributed by atoms with Crippen molar-refractivity contribution in [3.8, 4) is 17.3 Å². The molecule has 0 spiro atoms. The maximum atomic E-state index is 9.33. The van der Waals surface area contributed by atoms with Gasteiger partial charge in [-0.15, -0.1) is 4.99 Å². The lowest BCUT2D eigenvalue weighted by molar-refractivity contribution is 0.179. The molecule has 0 aliphatic carbocycles. The van der Waals surface area contributed by atoms with Crippen LogP contribution in [0, 0.1) is 11.5 Å². The normalized spacial score (nSPS) is 15.7.